The molecule has 202 valence electrons. The second kappa shape index (κ2) is 14.5. The number of hydrogen-bond donors (Lipinski definition) is 0. The van der Waals surface area contributed by atoms with Crippen molar-refractivity contribution >= 4 is 41.8 Å². The maximum Gasteiger partial charge on any atom is -0.0771 e. The van der Waals surface area contributed by atoms with Gasteiger partial charge in [0, 0.05) is 0 Å². The molecule has 0 saturated heterocycles. The summed E-state index contributed by atoms with van der Waals surface area (Å²) in [5, 5.41) is 5.39. The van der Waals surface area contributed by atoms with E-state index in [-0.39, 0.29) is 5.82 Å². The predicted molar refractivity (Wildman–Crippen MR) is 172 cm³/mol. The summed E-state index contributed by atoms with van der Waals surface area (Å²) in [5.41, 5.74) is 4.48. The smallest absolute Gasteiger partial charge is 0.0771 e. The largest absolute Gasteiger partial charge is 0.126 e. The summed E-state index contributed by atoms with van der Waals surface area (Å²) in [7, 11) is 12.5. The summed E-state index contributed by atoms with van der Waals surface area (Å²) < 4.78 is 13.7. The van der Waals surface area contributed by atoms with Crippen LogP contribution in [0.3, 0.4) is 0 Å². The van der Waals surface area contributed by atoms with Crippen LogP contribution >= 0.6 is 17.0 Å². The zero-order valence-corrected chi connectivity index (χ0v) is 26.2. The van der Waals surface area contributed by atoms with Gasteiger partial charge in [-0.05, 0) is 12.1 Å². The Morgan fingerprint density at radius 3 is 1.49 bits per heavy atom. The first-order chi connectivity index (χ1) is 20.1. The first-order valence-electron chi connectivity index (χ1n) is 13.3. The summed E-state index contributed by atoms with van der Waals surface area (Å²) in [6.07, 6.45) is 0. The minimum Gasteiger partial charge on any atom is -0.126 e. The molecule has 0 heterocycles. The summed E-state index contributed by atoms with van der Waals surface area (Å²) in [6, 6.07) is 54.0. The third-order valence-corrected chi connectivity index (χ3v) is 11.3. The molecule has 7 aromatic carbocycles. The van der Waals surface area contributed by atoms with Gasteiger partial charge in [-0.15, -0.1) is 45.8 Å². The predicted octanol–water partition coefficient (Wildman–Crippen LogP) is 11.1. The molecule has 0 N–H and O–H groups in total. The van der Waals surface area contributed by atoms with E-state index in [1.165, 1.54) is 33.7 Å². The van der Waals surface area contributed by atoms with Crippen molar-refractivity contribution in [2.75, 3.05) is 0 Å². The van der Waals surface area contributed by atoms with E-state index in [0.29, 0.717) is 0 Å². The van der Waals surface area contributed by atoms with Crippen LogP contribution in [0, 0.1) is 5.82 Å². The molecule has 0 radical (unpaired) electrons. The molecule has 0 unspecified atom stereocenters. The Bertz CT molecular complexity index is 1740. The topological polar surface area (TPSA) is 0 Å². The molecule has 0 fully saturated rings. The fourth-order valence-corrected chi connectivity index (χ4v) is 9.18. The monoisotopic (exact) mass is 650 g/mol. The average molecular weight is 653 g/mol. The van der Waals surface area contributed by atoms with Gasteiger partial charge in [0.05, 0.1) is 0 Å². The van der Waals surface area contributed by atoms with E-state index in [9.17, 15) is 4.39 Å². The molecule has 0 spiro atoms. The van der Waals surface area contributed by atoms with Gasteiger partial charge < -0.3 is 0 Å². The van der Waals surface area contributed by atoms with E-state index in [2.05, 4.69) is 78.9 Å². The zero-order chi connectivity index (χ0) is 28.4. The van der Waals surface area contributed by atoms with Gasteiger partial charge in [0.25, 0.3) is 0 Å². The van der Waals surface area contributed by atoms with Crippen LogP contribution in [0.5, 0.6) is 0 Å². The van der Waals surface area contributed by atoms with E-state index in [1.807, 2.05) is 60.7 Å². The minimum absolute atomic E-state index is 0.190. The van der Waals surface area contributed by atoms with Crippen LogP contribution in [0.4, 0.5) is 4.39 Å². The normalized spacial score (nSPS) is 10.3. The minimum atomic E-state index is -2.44. The van der Waals surface area contributed by atoms with Gasteiger partial charge in [-0.1, -0.05) is 54.1 Å². The maximum atomic E-state index is 12.5. The van der Waals surface area contributed by atoms with Crippen molar-refractivity contribution in [2.45, 2.75) is 0 Å². The van der Waals surface area contributed by atoms with Crippen molar-refractivity contribution in [3.8, 4) is 11.1 Å². The third-order valence-electron chi connectivity index (χ3n) is 6.68. The van der Waals surface area contributed by atoms with Crippen molar-refractivity contribution in [1.29, 1.82) is 0 Å². The number of benzene rings is 5. The van der Waals surface area contributed by atoms with Crippen LogP contribution in [0.25, 0.3) is 32.7 Å². The number of hydrogen-bond acceptors (Lipinski definition) is 0. The molecule has 4 heteroatoms. The Balaban J connectivity index is 0.000000125. The fraction of sp³-hybridized carbons (Fsp3) is 0. The molecule has 0 saturated carbocycles. The molecule has 0 aliphatic heterocycles. The van der Waals surface area contributed by atoms with Crippen LogP contribution in [-0.4, -0.2) is 3.21 Å². The van der Waals surface area contributed by atoms with Gasteiger partial charge in [0.2, 0.25) is 0 Å². The second-order valence-electron chi connectivity index (χ2n) is 9.37. The van der Waals surface area contributed by atoms with Gasteiger partial charge in [0.15, 0.2) is 0 Å². The summed E-state index contributed by atoms with van der Waals surface area (Å²) in [6.45, 7) is 0. The third kappa shape index (κ3) is 7.66. The SMILES string of the molecule is Fc1ccc(-c2ccc[cH-]2)cc1.[Cl][Zr]([Cl])=[C](c1ccccc1)c1ccccc1.c1ccc2c(c1)[cH-]c1ccccc12. The molecule has 0 aromatic heterocycles. The van der Waals surface area contributed by atoms with Crippen molar-refractivity contribution in [1.82, 2.24) is 0 Å². The summed E-state index contributed by atoms with van der Waals surface area (Å²) in [4.78, 5) is 0. The van der Waals surface area contributed by atoms with Gasteiger partial charge in [-0.25, -0.2) is 4.39 Å². The summed E-state index contributed by atoms with van der Waals surface area (Å²) in [5.74, 6) is -0.190. The van der Waals surface area contributed by atoms with Crippen LogP contribution in [0.15, 0.2) is 164 Å². The van der Waals surface area contributed by atoms with Gasteiger partial charge in [-0.2, -0.15) is 23.8 Å². The molecule has 0 aliphatic carbocycles. The molecule has 41 heavy (non-hydrogen) atoms. The number of fused-ring (bicyclic) bond motifs is 3. The second-order valence-corrected chi connectivity index (χ2v) is 17.5. The van der Waals surface area contributed by atoms with E-state index < -0.39 is 18.9 Å². The van der Waals surface area contributed by atoms with Crippen molar-refractivity contribution in [3.63, 3.8) is 0 Å². The molecule has 0 aliphatic rings. The zero-order valence-electron chi connectivity index (χ0n) is 22.2. The number of rotatable bonds is 3. The average Bonchev–Trinajstić information content (AvgIpc) is 3.68. The van der Waals surface area contributed by atoms with Crippen LogP contribution < -0.4 is 0 Å². The van der Waals surface area contributed by atoms with E-state index in [0.717, 1.165) is 25.5 Å². The Morgan fingerprint density at radius 1 is 0.537 bits per heavy atom. The van der Waals surface area contributed by atoms with Gasteiger partial charge >= 0.3 is 111 Å². The Labute approximate surface area is 255 Å². The van der Waals surface area contributed by atoms with Gasteiger partial charge in [0.1, 0.15) is 5.82 Å². The Morgan fingerprint density at radius 2 is 1.02 bits per heavy atom. The van der Waals surface area contributed by atoms with Crippen LogP contribution in [0.2, 0.25) is 0 Å². The summed E-state index contributed by atoms with van der Waals surface area (Å²) >= 11 is -2.44. The number of halogens is 3. The van der Waals surface area contributed by atoms with Crippen LogP contribution in [-0.2, 0) is 18.9 Å². The first-order valence-corrected chi connectivity index (χ1v) is 20.8. The van der Waals surface area contributed by atoms with Gasteiger partial charge in [-0.3, -0.25) is 0 Å². The Hall–Kier alpha value is -3.42. The molecule has 0 nitrogen and oxygen atoms in total. The molecule has 0 atom stereocenters. The van der Waals surface area contributed by atoms with Crippen molar-refractivity contribution in [3.05, 3.63) is 181 Å². The molecule has 0 bridgehead atoms. The molecule has 7 rings (SSSR count). The first kappa shape index (κ1) is 29.1. The Kier molecular flexibility index (Phi) is 10.3. The maximum absolute atomic E-state index is 12.5. The van der Waals surface area contributed by atoms with E-state index in [1.54, 1.807) is 12.1 Å². The van der Waals surface area contributed by atoms with E-state index in [4.69, 9.17) is 17.0 Å². The van der Waals surface area contributed by atoms with E-state index >= 15 is 0 Å². The quantitative estimate of drug-likeness (QED) is 0.167. The van der Waals surface area contributed by atoms with Crippen molar-refractivity contribution in [2.24, 2.45) is 0 Å². The molecular formula is C37H27Cl2FZr-2. The van der Waals surface area contributed by atoms with Crippen molar-refractivity contribution < 1.29 is 23.3 Å². The standard InChI is InChI=1S/C13H9.C13H10.C11H8F.2ClH.Zr/c1-3-7-12-10(5-1)9-11-6-2-4-8-13(11)12;1-3-7-12(8-4-1)11-13-9-5-2-6-10-13;12-11-7-5-10(6-8-11)9-3-1-2-4-9;;;/h1-9H;1-10H;1-8H;2*1H;/q-1;;-1;;;+2/p-2. The molecular weight excluding hydrogens is 626 g/mol. The fourth-order valence-electron chi connectivity index (χ4n) is 4.71. The van der Waals surface area contributed by atoms with Crippen LogP contribution in [0.1, 0.15) is 11.1 Å². The molecule has 7 aromatic rings. The molecule has 0 amide bonds.